The van der Waals surface area contributed by atoms with Crippen molar-refractivity contribution in [3.63, 3.8) is 0 Å². The molecular weight excluding hydrogens is 320 g/mol. The van der Waals surface area contributed by atoms with Gasteiger partial charge in [-0.1, -0.05) is 26.0 Å². The zero-order valence-corrected chi connectivity index (χ0v) is 14.7. The van der Waals surface area contributed by atoms with Crippen LogP contribution in [0, 0.1) is 22.5 Å². The van der Waals surface area contributed by atoms with Crippen molar-refractivity contribution in [2.24, 2.45) is 5.41 Å². The lowest BCUT2D eigenvalue weighted by molar-refractivity contribution is -0.384. The Hall–Kier alpha value is -2.63. The van der Waals surface area contributed by atoms with E-state index in [4.69, 9.17) is 4.42 Å². The van der Waals surface area contributed by atoms with E-state index in [-0.39, 0.29) is 29.5 Å². The van der Waals surface area contributed by atoms with Crippen LogP contribution in [0.25, 0.3) is 0 Å². The van der Waals surface area contributed by atoms with E-state index in [1.807, 2.05) is 13.0 Å². The van der Waals surface area contributed by atoms with Crippen molar-refractivity contribution < 1.29 is 14.1 Å². The molecule has 2 aromatic rings. The van der Waals surface area contributed by atoms with Crippen LogP contribution in [0.4, 0.5) is 5.69 Å². The van der Waals surface area contributed by atoms with E-state index < -0.39 is 4.92 Å². The number of hydrogen-bond acceptors (Lipinski definition) is 4. The Morgan fingerprint density at radius 1 is 1.36 bits per heavy atom. The summed E-state index contributed by atoms with van der Waals surface area (Å²) in [5.41, 5.74) is 1.90. The van der Waals surface area contributed by atoms with Gasteiger partial charge in [-0.2, -0.15) is 0 Å². The van der Waals surface area contributed by atoms with Crippen LogP contribution in [-0.4, -0.2) is 10.8 Å². The number of fused-ring (bicyclic) bond motifs is 1. The summed E-state index contributed by atoms with van der Waals surface area (Å²) < 4.78 is 5.79. The molecule has 1 heterocycles. The molecule has 132 valence electrons. The predicted molar refractivity (Wildman–Crippen MR) is 93.2 cm³/mol. The van der Waals surface area contributed by atoms with E-state index in [9.17, 15) is 14.9 Å². The fourth-order valence-corrected chi connectivity index (χ4v) is 3.48. The Kier molecular flexibility index (Phi) is 4.37. The van der Waals surface area contributed by atoms with Crippen molar-refractivity contribution >= 4 is 11.6 Å². The molecule has 0 saturated heterocycles. The third-order valence-corrected chi connectivity index (χ3v) is 4.58. The molecule has 1 amide bonds. The van der Waals surface area contributed by atoms with Crippen LogP contribution in [0.5, 0.6) is 0 Å². The standard InChI is InChI=1S/C19H22N2O4/c1-12-8-15-16(10-19(2,3)11-17(15)25-12)20-18(22)9-13-4-6-14(7-5-13)21(23)24/h4-8,16H,9-11H2,1-3H3,(H,20,22)/t16-/m0/s1. The number of aryl methyl sites for hydroxylation is 1. The topological polar surface area (TPSA) is 85.4 Å². The van der Waals surface area contributed by atoms with E-state index in [1.54, 1.807) is 12.1 Å². The minimum absolute atomic E-state index is 0.0247. The first kappa shape index (κ1) is 17.2. The Balaban J connectivity index is 1.71. The Labute approximate surface area is 146 Å². The Morgan fingerprint density at radius 3 is 2.68 bits per heavy atom. The fourth-order valence-electron chi connectivity index (χ4n) is 3.48. The molecule has 0 unspecified atom stereocenters. The highest BCUT2D eigenvalue weighted by Gasteiger charge is 2.35. The molecule has 1 aromatic heterocycles. The number of nitrogens with one attached hydrogen (secondary N) is 1. The number of carbonyl (C=O) groups excluding carboxylic acids is 1. The van der Waals surface area contributed by atoms with Gasteiger partial charge in [0.1, 0.15) is 11.5 Å². The highest BCUT2D eigenvalue weighted by Crippen LogP contribution is 2.42. The lowest BCUT2D eigenvalue weighted by Gasteiger charge is -2.34. The monoisotopic (exact) mass is 342 g/mol. The number of hydrogen-bond donors (Lipinski definition) is 1. The van der Waals surface area contributed by atoms with E-state index >= 15 is 0 Å². The van der Waals surface area contributed by atoms with Crippen LogP contribution in [0.2, 0.25) is 0 Å². The summed E-state index contributed by atoms with van der Waals surface area (Å²) in [7, 11) is 0. The van der Waals surface area contributed by atoms with Crippen molar-refractivity contribution in [3.8, 4) is 0 Å². The van der Waals surface area contributed by atoms with Gasteiger partial charge in [-0.25, -0.2) is 0 Å². The van der Waals surface area contributed by atoms with E-state index in [0.717, 1.165) is 35.5 Å². The van der Waals surface area contributed by atoms with Crippen molar-refractivity contribution in [1.82, 2.24) is 5.32 Å². The quantitative estimate of drug-likeness (QED) is 0.675. The van der Waals surface area contributed by atoms with Crippen LogP contribution >= 0.6 is 0 Å². The number of benzene rings is 1. The smallest absolute Gasteiger partial charge is 0.269 e. The molecule has 0 radical (unpaired) electrons. The van der Waals surface area contributed by atoms with Crippen LogP contribution < -0.4 is 5.32 Å². The number of nitro groups is 1. The second kappa shape index (κ2) is 6.35. The molecule has 3 rings (SSSR count). The summed E-state index contributed by atoms with van der Waals surface area (Å²) in [6.07, 6.45) is 1.91. The average molecular weight is 342 g/mol. The molecule has 1 N–H and O–H groups in total. The first-order valence-corrected chi connectivity index (χ1v) is 8.35. The molecule has 0 aliphatic heterocycles. The molecule has 0 bridgehead atoms. The SMILES string of the molecule is Cc1cc2c(o1)CC(C)(C)C[C@@H]2NC(=O)Cc1ccc([N+](=O)[O-])cc1. The van der Waals surface area contributed by atoms with Gasteiger partial charge in [0.25, 0.3) is 5.69 Å². The molecule has 1 aliphatic carbocycles. The Bertz CT molecular complexity index is 805. The van der Waals surface area contributed by atoms with E-state index in [1.165, 1.54) is 12.1 Å². The van der Waals surface area contributed by atoms with Crippen LogP contribution in [0.15, 0.2) is 34.7 Å². The van der Waals surface area contributed by atoms with Crippen LogP contribution in [0.1, 0.15) is 49.0 Å². The maximum Gasteiger partial charge on any atom is 0.269 e. The second-order valence-corrected chi connectivity index (χ2v) is 7.50. The molecule has 6 heteroatoms. The molecule has 0 spiro atoms. The highest BCUT2D eigenvalue weighted by molar-refractivity contribution is 5.79. The number of nitro benzene ring substituents is 1. The van der Waals surface area contributed by atoms with Gasteiger partial charge in [0.05, 0.1) is 17.4 Å². The van der Waals surface area contributed by atoms with Crippen molar-refractivity contribution in [1.29, 1.82) is 0 Å². The van der Waals surface area contributed by atoms with Gasteiger partial charge in [0, 0.05) is 24.1 Å². The summed E-state index contributed by atoms with van der Waals surface area (Å²) in [5, 5.41) is 13.8. The van der Waals surface area contributed by atoms with Gasteiger partial charge in [0.2, 0.25) is 5.91 Å². The molecule has 1 atom stereocenters. The molecule has 25 heavy (non-hydrogen) atoms. The molecule has 6 nitrogen and oxygen atoms in total. The summed E-state index contributed by atoms with van der Waals surface area (Å²) in [6.45, 7) is 6.26. The average Bonchev–Trinajstić information content (AvgIpc) is 2.86. The number of nitrogens with zero attached hydrogens (tertiary/aromatic N) is 1. The first-order valence-electron chi connectivity index (χ1n) is 8.35. The molecule has 1 aromatic carbocycles. The molecular formula is C19H22N2O4. The second-order valence-electron chi connectivity index (χ2n) is 7.50. The Morgan fingerprint density at radius 2 is 2.04 bits per heavy atom. The molecule has 0 saturated carbocycles. The third kappa shape index (κ3) is 3.90. The van der Waals surface area contributed by atoms with Crippen LogP contribution in [-0.2, 0) is 17.6 Å². The highest BCUT2D eigenvalue weighted by atomic mass is 16.6. The number of amides is 1. The van der Waals surface area contributed by atoms with Crippen LogP contribution in [0.3, 0.4) is 0 Å². The molecule has 0 fully saturated rings. The van der Waals surface area contributed by atoms with E-state index in [0.29, 0.717) is 0 Å². The minimum atomic E-state index is -0.448. The zero-order chi connectivity index (χ0) is 18.2. The van der Waals surface area contributed by atoms with Crippen molar-refractivity contribution in [2.75, 3.05) is 0 Å². The number of furan rings is 1. The summed E-state index contributed by atoms with van der Waals surface area (Å²) in [6, 6.07) is 8.02. The van der Waals surface area contributed by atoms with Gasteiger partial charge in [-0.15, -0.1) is 0 Å². The normalized spacial score (nSPS) is 18.4. The molecule has 1 aliphatic rings. The number of non-ortho nitro benzene ring substituents is 1. The van der Waals surface area contributed by atoms with E-state index in [2.05, 4.69) is 19.2 Å². The van der Waals surface area contributed by atoms with Gasteiger partial charge in [0.15, 0.2) is 0 Å². The van der Waals surface area contributed by atoms with Crippen molar-refractivity contribution in [2.45, 2.75) is 46.1 Å². The van der Waals surface area contributed by atoms with Gasteiger partial charge in [-0.3, -0.25) is 14.9 Å². The first-order chi connectivity index (χ1) is 11.7. The maximum absolute atomic E-state index is 12.5. The maximum atomic E-state index is 12.5. The number of carbonyl (C=O) groups is 1. The number of rotatable bonds is 4. The minimum Gasteiger partial charge on any atom is -0.466 e. The van der Waals surface area contributed by atoms with Crippen molar-refractivity contribution in [3.05, 3.63) is 63.1 Å². The van der Waals surface area contributed by atoms with Gasteiger partial charge in [-0.05, 0) is 30.4 Å². The van der Waals surface area contributed by atoms with Gasteiger partial charge >= 0.3 is 0 Å². The third-order valence-electron chi connectivity index (χ3n) is 4.58. The fraction of sp³-hybridized carbons (Fsp3) is 0.421. The van der Waals surface area contributed by atoms with Gasteiger partial charge < -0.3 is 9.73 Å². The zero-order valence-electron chi connectivity index (χ0n) is 14.7. The summed E-state index contributed by atoms with van der Waals surface area (Å²) >= 11 is 0. The lowest BCUT2D eigenvalue weighted by atomic mass is 9.74. The summed E-state index contributed by atoms with van der Waals surface area (Å²) in [4.78, 5) is 22.7. The summed E-state index contributed by atoms with van der Waals surface area (Å²) in [5.74, 6) is 1.72. The largest absolute Gasteiger partial charge is 0.466 e. The lowest BCUT2D eigenvalue weighted by Crippen LogP contribution is -2.36. The predicted octanol–water partition coefficient (Wildman–Crippen LogP) is 3.87.